The highest BCUT2D eigenvalue weighted by molar-refractivity contribution is 5.98. The summed E-state index contributed by atoms with van der Waals surface area (Å²) in [6, 6.07) is 6.87. The summed E-state index contributed by atoms with van der Waals surface area (Å²) < 4.78 is 6.26. The van der Waals surface area contributed by atoms with Gasteiger partial charge >= 0.3 is 5.69 Å². The average molecular weight is 259 g/mol. The summed E-state index contributed by atoms with van der Waals surface area (Å²) in [4.78, 5) is 26.9. The van der Waals surface area contributed by atoms with E-state index in [1.165, 1.54) is 17.8 Å². The van der Waals surface area contributed by atoms with Crippen LogP contribution in [-0.4, -0.2) is 22.6 Å². The van der Waals surface area contributed by atoms with Crippen molar-refractivity contribution in [1.29, 1.82) is 0 Å². The lowest BCUT2D eigenvalue weighted by Gasteiger charge is -2.08. The zero-order chi connectivity index (χ0) is 14.0. The SMILES string of the molecule is COc1ccc(-c2nc(=O)n(C)cc2C(N)=O)cc1. The van der Waals surface area contributed by atoms with Crippen LogP contribution in [0, 0.1) is 0 Å². The van der Waals surface area contributed by atoms with Crippen molar-refractivity contribution in [1.82, 2.24) is 9.55 Å². The van der Waals surface area contributed by atoms with Crippen molar-refractivity contribution < 1.29 is 9.53 Å². The molecular weight excluding hydrogens is 246 g/mol. The van der Waals surface area contributed by atoms with E-state index in [2.05, 4.69) is 4.98 Å². The fourth-order valence-electron chi connectivity index (χ4n) is 1.69. The highest BCUT2D eigenvalue weighted by Gasteiger charge is 2.14. The Morgan fingerprint density at radius 2 is 1.95 bits per heavy atom. The maximum atomic E-state index is 11.6. The van der Waals surface area contributed by atoms with Gasteiger partial charge in [-0.15, -0.1) is 0 Å². The fourth-order valence-corrected chi connectivity index (χ4v) is 1.69. The molecule has 0 fully saturated rings. The second kappa shape index (κ2) is 4.93. The lowest BCUT2D eigenvalue weighted by molar-refractivity contribution is 0.1000. The molecule has 19 heavy (non-hydrogen) atoms. The number of methoxy groups -OCH3 is 1. The van der Waals surface area contributed by atoms with Crippen LogP contribution in [0.1, 0.15) is 10.4 Å². The molecule has 0 aliphatic rings. The topological polar surface area (TPSA) is 87.2 Å². The number of hydrogen-bond donors (Lipinski definition) is 1. The molecule has 2 aromatic rings. The highest BCUT2D eigenvalue weighted by atomic mass is 16.5. The van der Waals surface area contributed by atoms with Crippen LogP contribution in [0.5, 0.6) is 5.75 Å². The van der Waals surface area contributed by atoms with E-state index in [1.807, 2.05) is 0 Å². The number of nitrogens with two attached hydrogens (primary N) is 1. The van der Waals surface area contributed by atoms with E-state index in [9.17, 15) is 9.59 Å². The minimum absolute atomic E-state index is 0.201. The summed E-state index contributed by atoms with van der Waals surface area (Å²) in [6.45, 7) is 0. The van der Waals surface area contributed by atoms with Crippen molar-refractivity contribution in [3.05, 3.63) is 46.5 Å². The molecular formula is C13H13N3O3. The third kappa shape index (κ3) is 2.47. The number of nitrogens with zero attached hydrogens (tertiary/aromatic N) is 2. The van der Waals surface area contributed by atoms with Crippen LogP contribution in [-0.2, 0) is 7.05 Å². The van der Waals surface area contributed by atoms with E-state index in [0.29, 0.717) is 11.3 Å². The first kappa shape index (κ1) is 12.8. The lowest BCUT2D eigenvalue weighted by atomic mass is 10.1. The number of primary amides is 1. The van der Waals surface area contributed by atoms with Gasteiger partial charge in [0.25, 0.3) is 5.91 Å². The molecule has 6 heteroatoms. The van der Waals surface area contributed by atoms with Crippen molar-refractivity contribution >= 4 is 5.91 Å². The zero-order valence-corrected chi connectivity index (χ0v) is 10.6. The van der Waals surface area contributed by atoms with E-state index in [0.717, 1.165) is 0 Å². The maximum absolute atomic E-state index is 11.6. The Kier molecular flexibility index (Phi) is 3.33. The average Bonchev–Trinajstić information content (AvgIpc) is 2.41. The van der Waals surface area contributed by atoms with Crippen LogP contribution in [0.25, 0.3) is 11.3 Å². The van der Waals surface area contributed by atoms with E-state index < -0.39 is 11.6 Å². The highest BCUT2D eigenvalue weighted by Crippen LogP contribution is 2.22. The van der Waals surface area contributed by atoms with Crippen molar-refractivity contribution in [2.24, 2.45) is 12.8 Å². The summed E-state index contributed by atoms with van der Waals surface area (Å²) in [7, 11) is 3.07. The van der Waals surface area contributed by atoms with Gasteiger partial charge in [-0.2, -0.15) is 4.98 Å². The van der Waals surface area contributed by atoms with Gasteiger partial charge in [0.2, 0.25) is 0 Å². The molecule has 0 aliphatic heterocycles. The number of benzene rings is 1. The van der Waals surface area contributed by atoms with E-state index in [-0.39, 0.29) is 11.3 Å². The van der Waals surface area contributed by atoms with Crippen LogP contribution in [0.4, 0.5) is 0 Å². The van der Waals surface area contributed by atoms with Crippen molar-refractivity contribution in [3.8, 4) is 17.0 Å². The molecule has 0 spiro atoms. The molecule has 1 heterocycles. The predicted octanol–water partition coefficient (Wildman–Crippen LogP) is 0.555. The van der Waals surface area contributed by atoms with Crippen LogP contribution in [0.2, 0.25) is 0 Å². The molecule has 0 unspecified atom stereocenters. The van der Waals surface area contributed by atoms with E-state index in [4.69, 9.17) is 10.5 Å². The first-order chi connectivity index (χ1) is 9.02. The molecule has 1 aromatic heterocycles. The van der Waals surface area contributed by atoms with Gasteiger partial charge < -0.3 is 15.0 Å². The molecule has 0 radical (unpaired) electrons. The Morgan fingerprint density at radius 1 is 1.32 bits per heavy atom. The molecule has 98 valence electrons. The number of ether oxygens (including phenoxy) is 1. The number of amides is 1. The maximum Gasteiger partial charge on any atom is 0.347 e. The predicted molar refractivity (Wildman–Crippen MR) is 70.0 cm³/mol. The second-order valence-electron chi connectivity index (χ2n) is 3.99. The van der Waals surface area contributed by atoms with Gasteiger partial charge in [-0.1, -0.05) is 0 Å². The van der Waals surface area contributed by atoms with Crippen LogP contribution in [0.15, 0.2) is 35.3 Å². The third-order valence-corrected chi connectivity index (χ3v) is 2.72. The third-order valence-electron chi connectivity index (χ3n) is 2.72. The minimum Gasteiger partial charge on any atom is -0.497 e. The zero-order valence-electron chi connectivity index (χ0n) is 10.6. The first-order valence-electron chi connectivity index (χ1n) is 5.55. The fraction of sp³-hybridized carbons (Fsp3) is 0.154. The van der Waals surface area contributed by atoms with Gasteiger partial charge in [-0.05, 0) is 24.3 Å². The second-order valence-corrected chi connectivity index (χ2v) is 3.99. The Hall–Kier alpha value is -2.63. The Labute approximate surface area is 109 Å². The number of aryl methyl sites for hydroxylation is 1. The number of hydrogen-bond acceptors (Lipinski definition) is 4. The molecule has 2 rings (SSSR count). The van der Waals surface area contributed by atoms with Crippen LogP contribution < -0.4 is 16.2 Å². The number of rotatable bonds is 3. The lowest BCUT2D eigenvalue weighted by Crippen LogP contribution is -2.25. The first-order valence-corrected chi connectivity index (χ1v) is 5.55. The Morgan fingerprint density at radius 3 is 2.47 bits per heavy atom. The molecule has 0 saturated carbocycles. The van der Waals surface area contributed by atoms with Crippen LogP contribution >= 0.6 is 0 Å². The summed E-state index contributed by atoms with van der Waals surface area (Å²) in [5.74, 6) is 0.0436. The van der Waals surface area contributed by atoms with Crippen LogP contribution in [0.3, 0.4) is 0 Å². The summed E-state index contributed by atoms with van der Waals surface area (Å²) in [5, 5.41) is 0. The standard InChI is InChI=1S/C13H13N3O3/c1-16-7-10(12(14)17)11(15-13(16)18)8-3-5-9(19-2)6-4-8/h3-7H,1-2H3,(H2,14,17). The van der Waals surface area contributed by atoms with Crippen molar-refractivity contribution in [2.75, 3.05) is 7.11 Å². The molecule has 0 atom stereocenters. The molecule has 0 bridgehead atoms. The van der Waals surface area contributed by atoms with Gasteiger partial charge in [0, 0.05) is 18.8 Å². The van der Waals surface area contributed by atoms with Gasteiger partial charge in [0.05, 0.1) is 18.4 Å². The molecule has 1 amide bonds. The number of carbonyl (C=O) groups excluding carboxylic acids is 1. The molecule has 2 N–H and O–H groups in total. The molecule has 6 nitrogen and oxygen atoms in total. The van der Waals surface area contributed by atoms with Crippen molar-refractivity contribution in [3.63, 3.8) is 0 Å². The Bertz CT molecular complexity index is 675. The van der Waals surface area contributed by atoms with Gasteiger partial charge in [0.1, 0.15) is 5.75 Å². The smallest absolute Gasteiger partial charge is 0.347 e. The summed E-state index contributed by atoms with van der Waals surface area (Å²) in [6.07, 6.45) is 1.39. The minimum atomic E-state index is -0.631. The van der Waals surface area contributed by atoms with E-state index >= 15 is 0 Å². The normalized spacial score (nSPS) is 10.2. The Balaban J connectivity index is 2.62. The quantitative estimate of drug-likeness (QED) is 0.872. The number of aromatic nitrogens is 2. The monoisotopic (exact) mass is 259 g/mol. The summed E-state index contributed by atoms with van der Waals surface area (Å²) in [5.41, 5.74) is 5.97. The number of carbonyl (C=O) groups is 1. The molecule has 1 aromatic carbocycles. The van der Waals surface area contributed by atoms with Gasteiger partial charge in [-0.3, -0.25) is 4.79 Å². The summed E-state index contributed by atoms with van der Waals surface area (Å²) >= 11 is 0. The van der Waals surface area contributed by atoms with E-state index in [1.54, 1.807) is 31.4 Å². The molecule has 0 saturated heterocycles. The van der Waals surface area contributed by atoms with Crippen molar-refractivity contribution in [2.45, 2.75) is 0 Å². The molecule has 0 aliphatic carbocycles. The largest absolute Gasteiger partial charge is 0.497 e. The van der Waals surface area contributed by atoms with Gasteiger partial charge in [0.15, 0.2) is 0 Å². The van der Waals surface area contributed by atoms with Gasteiger partial charge in [-0.25, -0.2) is 4.79 Å².